The molecule has 0 aliphatic carbocycles. The molecule has 0 saturated heterocycles. The van der Waals surface area contributed by atoms with Crippen molar-refractivity contribution in [3.63, 3.8) is 0 Å². The highest BCUT2D eigenvalue weighted by Gasteiger charge is 2.17. The van der Waals surface area contributed by atoms with Gasteiger partial charge in [0.1, 0.15) is 0 Å². The lowest BCUT2D eigenvalue weighted by atomic mass is 10.1. The third-order valence-corrected chi connectivity index (χ3v) is 6.81. The zero-order chi connectivity index (χ0) is 23.4. The number of amides is 1. The third-order valence-electron chi connectivity index (χ3n) is 5.21. The fourth-order valence-corrected chi connectivity index (χ4v) is 4.57. The van der Waals surface area contributed by atoms with Gasteiger partial charge < -0.3 is 5.32 Å². The Morgan fingerprint density at radius 1 is 1.03 bits per heavy atom. The first-order valence-corrected chi connectivity index (χ1v) is 12.1. The normalized spacial score (nSPS) is 11.0. The van der Waals surface area contributed by atoms with Crippen molar-refractivity contribution in [2.24, 2.45) is 0 Å². The Morgan fingerprint density at radius 2 is 1.79 bits per heavy atom. The van der Waals surface area contributed by atoms with E-state index in [1.807, 2.05) is 49.4 Å². The molecule has 8 heteroatoms. The summed E-state index contributed by atoms with van der Waals surface area (Å²) in [4.78, 5) is 30.5. The Hall–Kier alpha value is -2.80. The van der Waals surface area contributed by atoms with E-state index in [9.17, 15) is 9.59 Å². The number of nitrogens with one attached hydrogen (secondary N) is 1. The minimum absolute atomic E-state index is 0.130. The summed E-state index contributed by atoms with van der Waals surface area (Å²) in [6.07, 6.45) is 0.703. The zero-order valence-electron chi connectivity index (χ0n) is 17.8. The van der Waals surface area contributed by atoms with E-state index in [-0.39, 0.29) is 17.2 Å². The molecule has 0 radical (unpaired) electrons. The molecule has 0 bridgehead atoms. The van der Waals surface area contributed by atoms with Gasteiger partial charge in [-0.05, 0) is 60.9 Å². The van der Waals surface area contributed by atoms with Crippen molar-refractivity contribution in [1.29, 1.82) is 0 Å². The lowest BCUT2D eigenvalue weighted by Gasteiger charge is -2.15. The van der Waals surface area contributed by atoms with Gasteiger partial charge in [-0.25, -0.2) is 4.98 Å². The minimum atomic E-state index is -0.198. The van der Waals surface area contributed by atoms with E-state index in [0.29, 0.717) is 44.8 Å². The Morgan fingerprint density at radius 3 is 2.58 bits per heavy atom. The molecule has 3 aromatic carbocycles. The van der Waals surface area contributed by atoms with E-state index < -0.39 is 0 Å². The van der Waals surface area contributed by atoms with Crippen LogP contribution in [-0.4, -0.2) is 27.8 Å². The molecule has 0 spiro atoms. The van der Waals surface area contributed by atoms with E-state index in [0.717, 1.165) is 11.1 Å². The van der Waals surface area contributed by atoms with Gasteiger partial charge in [-0.2, -0.15) is 0 Å². The predicted octanol–water partition coefficient (Wildman–Crippen LogP) is 5.45. The van der Waals surface area contributed by atoms with Crippen LogP contribution in [0.5, 0.6) is 0 Å². The Kier molecular flexibility index (Phi) is 7.38. The molecule has 1 N–H and O–H groups in total. The largest absolute Gasteiger partial charge is 0.355 e. The zero-order valence-corrected chi connectivity index (χ0v) is 20.2. The molecular formula is C25H21Cl2N3O2S. The number of benzene rings is 3. The fraction of sp³-hybridized carbons (Fsp3) is 0.160. The van der Waals surface area contributed by atoms with E-state index >= 15 is 0 Å². The molecule has 0 fully saturated rings. The second-order valence-corrected chi connectivity index (χ2v) is 9.24. The number of aromatic nitrogens is 2. The summed E-state index contributed by atoms with van der Waals surface area (Å²) >= 11 is 13.4. The van der Waals surface area contributed by atoms with Crippen LogP contribution in [0.4, 0.5) is 0 Å². The maximum atomic E-state index is 13.4. The first-order valence-electron chi connectivity index (χ1n) is 10.4. The molecule has 0 aliphatic heterocycles. The molecule has 0 atom stereocenters. The molecule has 33 heavy (non-hydrogen) atoms. The third kappa shape index (κ3) is 5.41. The molecule has 168 valence electrons. The standard InChI is InChI=1S/C25H21Cl2N3O2S/c1-16-20(27)6-4-8-22(16)30-24(32)19-5-2-3-7-21(19)29-25(30)33-15-23(31)28-14-13-17-9-11-18(26)12-10-17/h2-12H,13-15H2,1H3,(H,28,31). The highest BCUT2D eigenvalue weighted by Crippen LogP contribution is 2.26. The van der Waals surface area contributed by atoms with Crippen molar-refractivity contribution in [2.75, 3.05) is 12.3 Å². The van der Waals surface area contributed by atoms with Gasteiger partial charge in [-0.1, -0.05) is 65.3 Å². The molecule has 4 rings (SSSR count). The van der Waals surface area contributed by atoms with Crippen LogP contribution in [0.15, 0.2) is 76.7 Å². The Balaban J connectivity index is 1.55. The van der Waals surface area contributed by atoms with Crippen LogP contribution in [-0.2, 0) is 11.2 Å². The molecule has 0 saturated carbocycles. The van der Waals surface area contributed by atoms with Crippen molar-refractivity contribution in [2.45, 2.75) is 18.5 Å². The smallest absolute Gasteiger partial charge is 0.266 e. The second-order valence-electron chi connectivity index (χ2n) is 7.45. The van der Waals surface area contributed by atoms with Gasteiger partial charge in [0.25, 0.3) is 5.56 Å². The maximum Gasteiger partial charge on any atom is 0.266 e. The number of carbonyl (C=O) groups excluding carboxylic acids is 1. The van der Waals surface area contributed by atoms with Crippen LogP contribution < -0.4 is 10.9 Å². The van der Waals surface area contributed by atoms with E-state index in [4.69, 9.17) is 23.2 Å². The van der Waals surface area contributed by atoms with Gasteiger partial charge in [0.15, 0.2) is 5.16 Å². The highest BCUT2D eigenvalue weighted by molar-refractivity contribution is 7.99. The molecule has 0 aliphatic rings. The molecule has 1 heterocycles. The molecular weight excluding hydrogens is 477 g/mol. The van der Waals surface area contributed by atoms with Crippen LogP contribution in [0.25, 0.3) is 16.6 Å². The minimum Gasteiger partial charge on any atom is -0.355 e. The summed E-state index contributed by atoms with van der Waals surface area (Å²) in [7, 11) is 0. The van der Waals surface area contributed by atoms with Gasteiger partial charge in [0.2, 0.25) is 5.91 Å². The number of thioether (sulfide) groups is 1. The van der Waals surface area contributed by atoms with Gasteiger partial charge >= 0.3 is 0 Å². The first-order chi connectivity index (χ1) is 15.9. The first kappa shape index (κ1) is 23.4. The van der Waals surface area contributed by atoms with E-state index in [1.165, 1.54) is 16.3 Å². The topological polar surface area (TPSA) is 64.0 Å². The van der Waals surface area contributed by atoms with Crippen LogP contribution in [0.1, 0.15) is 11.1 Å². The summed E-state index contributed by atoms with van der Waals surface area (Å²) in [5.74, 6) is -0.00361. The SMILES string of the molecule is Cc1c(Cl)cccc1-n1c(SCC(=O)NCCc2ccc(Cl)cc2)nc2ccccc2c1=O. The maximum absolute atomic E-state index is 13.4. The summed E-state index contributed by atoms with van der Waals surface area (Å²) in [5, 5.41) is 5.11. The van der Waals surface area contributed by atoms with Gasteiger partial charge in [-0.3, -0.25) is 14.2 Å². The number of halogens is 2. The molecule has 1 amide bonds. The predicted molar refractivity (Wildman–Crippen MR) is 136 cm³/mol. The van der Waals surface area contributed by atoms with Crippen molar-refractivity contribution >= 4 is 51.8 Å². The average molecular weight is 498 g/mol. The van der Waals surface area contributed by atoms with E-state index in [2.05, 4.69) is 10.3 Å². The molecule has 0 unspecified atom stereocenters. The summed E-state index contributed by atoms with van der Waals surface area (Å²) < 4.78 is 1.54. The van der Waals surface area contributed by atoms with Crippen molar-refractivity contribution in [3.8, 4) is 5.69 Å². The molecule has 5 nitrogen and oxygen atoms in total. The summed E-state index contributed by atoms with van der Waals surface area (Å²) in [6, 6.07) is 20.1. The number of carbonyl (C=O) groups is 1. The van der Waals surface area contributed by atoms with Crippen LogP contribution >= 0.6 is 35.0 Å². The molecule has 1 aromatic heterocycles. The fourth-order valence-electron chi connectivity index (χ4n) is 3.44. The van der Waals surface area contributed by atoms with Gasteiger partial charge in [0.05, 0.1) is 22.3 Å². The number of fused-ring (bicyclic) bond motifs is 1. The summed E-state index contributed by atoms with van der Waals surface area (Å²) in [6.45, 7) is 2.36. The van der Waals surface area contributed by atoms with Crippen LogP contribution in [0, 0.1) is 6.92 Å². The monoisotopic (exact) mass is 497 g/mol. The second kappa shape index (κ2) is 10.4. The average Bonchev–Trinajstić information content (AvgIpc) is 2.81. The Labute approximate surface area is 205 Å². The van der Waals surface area contributed by atoms with Crippen LogP contribution in [0.2, 0.25) is 10.0 Å². The highest BCUT2D eigenvalue weighted by atomic mass is 35.5. The van der Waals surface area contributed by atoms with E-state index in [1.54, 1.807) is 24.3 Å². The Bertz CT molecular complexity index is 1370. The number of nitrogens with zero attached hydrogens (tertiary/aromatic N) is 2. The number of hydrogen-bond acceptors (Lipinski definition) is 4. The lowest BCUT2D eigenvalue weighted by molar-refractivity contribution is -0.118. The van der Waals surface area contributed by atoms with Crippen molar-refractivity contribution in [3.05, 3.63) is 98.3 Å². The number of para-hydroxylation sites is 1. The number of hydrogen-bond donors (Lipinski definition) is 1. The summed E-state index contributed by atoms with van der Waals surface area (Å²) in [5.41, 5.74) is 2.90. The lowest BCUT2D eigenvalue weighted by Crippen LogP contribution is -2.28. The van der Waals surface area contributed by atoms with Gasteiger partial charge in [-0.15, -0.1) is 0 Å². The quantitative estimate of drug-likeness (QED) is 0.272. The van der Waals surface area contributed by atoms with Gasteiger partial charge in [0, 0.05) is 16.6 Å². The van der Waals surface area contributed by atoms with Crippen molar-refractivity contribution < 1.29 is 4.79 Å². The number of rotatable bonds is 7. The van der Waals surface area contributed by atoms with Crippen LogP contribution in [0.3, 0.4) is 0 Å². The van der Waals surface area contributed by atoms with Crippen molar-refractivity contribution in [1.82, 2.24) is 14.9 Å². The molecule has 4 aromatic rings.